The van der Waals surface area contributed by atoms with Gasteiger partial charge in [-0.05, 0) is 30.2 Å². The number of hydrogen-bond acceptors (Lipinski definition) is 5. The average Bonchev–Trinajstić information content (AvgIpc) is 3.21. The van der Waals surface area contributed by atoms with Crippen LogP contribution < -0.4 is 15.6 Å². The van der Waals surface area contributed by atoms with E-state index in [0.29, 0.717) is 30.9 Å². The van der Waals surface area contributed by atoms with Crippen molar-refractivity contribution >= 4 is 11.6 Å². The maximum Gasteiger partial charge on any atom is 0.300 e. The van der Waals surface area contributed by atoms with Crippen molar-refractivity contribution in [1.29, 1.82) is 0 Å². The molecule has 4 aromatic rings. The highest BCUT2D eigenvalue weighted by Gasteiger charge is 2.16. The van der Waals surface area contributed by atoms with Gasteiger partial charge in [0, 0.05) is 37.3 Å². The summed E-state index contributed by atoms with van der Waals surface area (Å²) in [6.07, 6.45) is 3.99. The number of hydrogen-bond donors (Lipinski definition) is 1. The minimum Gasteiger partial charge on any atom is -0.496 e. The van der Waals surface area contributed by atoms with Crippen molar-refractivity contribution in [2.45, 2.75) is 26.3 Å². The number of nitrogens with one attached hydrogen (secondary N) is 1. The summed E-state index contributed by atoms with van der Waals surface area (Å²) in [4.78, 5) is 25.3. The van der Waals surface area contributed by atoms with Gasteiger partial charge >= 0.3 is 5.56 Å². The molecule has 0 aliphatic rings. The summed E-state index contributed by atoms with van der Waals surface area (Å²) >= 11 is 0. The molecule has 0 spiro atoms. The Balaban J connectivity index is 1.43. The molecule has 33 heavy (non-hydrogen) atoms. The lowest BCUT2D eigenvalue weighted by Gasteiger charge is -2.12. The predicted molar refractivity (Wildman–Crippen MR) is 121 cm³/mol. The lowest BCUT2D eigenvalue weighted by molar-refractivity contribution is -0.122. The fourth-order valence-electron chi connectivity index (χ4n) is 3.72. The third-order valence-corrected chi connectivity index (χ3v) is 5.36. The molecule has 1 N–H and O–H groups in total. The minimum atomic E-state index is -0.431. The number of methoxy groups -OCH3 is 1. The number of halogens is 1. The van der Waals surface area contributed by atoms with E-state index < -0.39 is 11.4 Å². The third kappa shape index (κ3) is 4.92. The lowest BCUT2D eigenvalue weighted by Crippen LogP contribution is -2.25. The van der Waals surface area contributed by atoms with E-state index in [4.69, 9.17) is 4.74 Å². The molecular weight excluding hydrogens is 425 g/mol. The van der Waals surface area contributed by atoms with Gasteiger partial charge in [0.15, 0.2) is 0 Å². The summed E-state index contributed by atoms with van der Waals surface area (Å²) in [5.74, 6) is 0.763. The van der Waals surface area contributed by atoms with E-state index in [0.717, 1.165) is 11.3 Å². The number of aromatic nitrogens is 4. The SMILES string of the molecule is COc1ccccc1CNC(=O)C[C@H](C)Cc1nnc2c(=O)n(-c3cccc(F)c3)ccn12. The van der Waals surface area contributed by atoms with E-state index in [9.17, 15) is 14.0 Å². The molecule has 8 nitrogen and oxygen atoms in total. The van der Waals surface area contributed by atoms with Gasteiger partial charge < -0.3 is 10.1 Å². The van der Waals surface area contributed by atoms with E-state index in [-0.39, 0.29) is 17.5 Å². The monoisotopic (exact) mass is 449 g/mol. The molecular formula is C24H24FN5O3. The van der Waals surface area contributed by atoms with Crippen LogP contribution in [0, 0.1) is 11.7 Å². The Morgan fingerprint density at radius 1 is 1.15 bits per heavy atom. The second-order valence-electron chi connectivity index (χ2n) is 7.87. The molecule has 2 aromatic carbocycles. The molecule has 2 aromatic heterocycles. The molecule has 0 saturated carbocycles. The molecule has 2 heterocycles. The number of para-hydroxylation sites is 1. The molecule has 1 amide bonds. The fourth-order valence-corrected chi connectivity index (χ4v) is 3.72. The first-order chi connectivity index (χ1) is 16.0. The van der Waals surface area contributed by atoms with Crippen LogP contribution in [0.15, 0.2) is 65.7 Å². The van der Waals surface area contributed by atoms with Crippen molar-refractivity contribution in [3.8, 4) is 11.4 Å². The maximum atomic E-state index is 13.6. The summed E-state index contributed by atoms with van der Waals surface area (Å²) < 4.78 is 21.8. The molecule has 1 atom stereocenters. The van der Waals surface area contributed by atoms with Crippen molar-refractivity contribution in [3.05, 3.63) is 88.5 Å². The molecule has 0 aliphatic carbocycles. The van der Waals surface area contributed by atoms with Crippen LogP contribution in [0.3, 0.4) is 0 Å². The van der Waals surface area contributed by atoms with Crippen LogP contribution in [-0.4, -0.2) is 32.2 Å². The van der Waals surface area contributed by atoms with Gasteiger partial charge in [0.1, 0.15) is 17.4 Å². The number of fused-ring (bicyclic) bond motifs is 1. The number of amides is 1. The van der Waals surface area contributed by atoms with E-state index in [2.05, 4.69) is 15.5 Å². The topological polar surface area (TPSA) is 90.5 Å². The number of carbonyl (C=O) groups excluding carboxylic acids is 1. The predicted octanol–water partition coefficient (Wildman–Crippen LogP) is 2.91. The van der Waals surface area contributed by atoms with E-state index in [1.807, 2.05) is 31.2 Å². The van der Waals surface area contributed by atoms with Crippen molar-refractivity contribution in [2.75, 3.05) is 7.11 Å². The van der Waals surface area contributed by atoms with Crippen LogP contribution in [-0.2, 0) is 17.8 Å². The van der Waals surface area contributed by atoms with Gasteiger partial charge in [0.2, 0.25) is 11.6 Å². The normalized spacial score (nSPS) is 12.0. The number of carbonyl (C=O) groups is 1. The Kier molecular flexibility index (Phi) is 6.48. The van der Waals surface area contributed by atoms with E-state index in [1.54, 1.807) is 30.0 Å². The van der Waals surface area contributed by atoms with Crippen molar-refractivity contribution in [1.82, 2.24) is 24.5 Å². The van der Waals surface area contributed by atoms with Crippen LogP contribution in [0.1, 0.15) is 24.7 Å². The van der Waals surface area contributed by atoms with Gasteiger partial charge in [-0.1, -0.05) is 31.2 Å². The van der Waals surface area contributed by atoms with Crippen LogP contribution in [0.2, 0.25) is 0 Å². The van der Waals surface area contributed by atoms with Crippen LogP contribution in [0.5, 0.6) is 5.75 Å². The quantitative estimate of drug-likeness (QED) is 0.447. The zero-order valence-corrected chi connectivity index (χ0v) is 18.4. The standard InChI is InChI=1S/C24H24FN5O3/c1-16(13-22(31)26-15-17-6-3-4-9-20(17)33-2)12-21-27-28-23-24(32)29(10-11-30(21)23)19-8-5-7-18(25)14-19/h3-11,14,16H,12-13,15H2,1-2H3,(H,26,31)/t16-/m1/s1. The maximum absolute atomic E-state index is 13.6. The molecule has 0 saturated heterocycles. The summed E-state index contributed by atoms with van der Waals surface area (Å²) in [5.41, 5.74) is 1.06. The Labute approximate surface area is 189 Å². The highest BCUT2D eigenvalue weighted by Crippen LogP contribution is 2.17. The smallest absolute Gasteiger partial charge is 0.300 e. The molecule has 4 rings (SSSR count). The number of rotatable bonds is 8. The first-order valence-electron chi connectivity index (χ1n) is 10.6. The second-order valence-corrected chi connectivity index (χ2v) is 7.87. The molecule has 0 aliphatic heterocycles. The summed E-state index contributed by atoms with van der Waals surface area (Å²) in [6, 6.07) is 13.3. The zero-order valence-electron chi connectivity index (χ0n) is 18.4. The van der Waals surface area contributed by atoms with E-state index >= 15 is 0 Å². The molecule has 0 bridgehead atoms. The van der Waals surface area contributed by atoms with E-state index in [1.165, 1.54) is 22.8 Å². The van der Waals surface area contributed by atoms with Gasteiger partial charge in [0.05, 0.1) is 12.8 Å². The molecule has 170 valence electrons. The first kappa shape index (κ1) is 22.2. The fraction of sp³-hybridized carbons (Fsp3) is 0.250. The van der Waals surface area contributed by atoms with Crippen LogP contribution >= 0.6 is 0 Å². The zero-order chi connectivity index (χ0) is 23.4. The minimum absolute atomic E-state index is 0.0271. The van der Waals surface area contributed by atoms with Gasteiger partial charge in [-0.3, -0.25) is 18.6 Å². The average molecular weight is 449 g/mol. The van der Waals surface area contributed by atoms with Gasteiger partial charge in [0.25, 0.3) is 0 Å². The molecule has 0 unspecified atom stereocenters. The van der Waals surface area contributed by atoms with Crippen molar-refractivity contribution in [2.24, 2.45) is 5.92 Å². The lowest BCUT2D eigenvalue weighted by atomic mass is 10.0. The third-order valence-electron chi connectivity index (χ3n) is 5.36. The van der Waals surface area contributed by atoms with Crippen molar-refractivity contribution in [3.63, 3.8) is 0 Å². The number of benzene rings is 2. The Morgan fingerprint density at radius 2 is 1.97 bits per heavy atom. The molecule has 9 heteroatoms. The van der Waals surface area contributed by atoms with Gasteiger partial charge in [-0.25, -0.2) is 4.39 Å². The Bertz CT molecular complexity index is 1350. The number of ether oxygens (including phenoxy) is 1. The highest BCUT2D eigenvalue weighted by atomic mass is 19.1. The summed E-state index contributed by atoms with van der Waals surface area (Å²) in [5, 5.41) is 11.1. The number of nitrogens with zero attached hydrogens (tertiary/aromatic N) is 4. The first-order valence-corrected chi connectivity index (χ1v) is 10.6. The Hall–Kier alpha value is -4.01. The molecule has 0 radical (unpaired) electrons. The Morgan fingerprint density at radius 3 is 2.76 bits per heavy atom. The van der Waals surface area contributed by atoms with Crippen LogP contribution in [0.4, 0.5) is 4.39 Å². The summed E-state index contributed by atoms with van der Waals surface area (Å²) in [6.45, 7) is 2.32. The largest absolute Gasteiger partial charge is 0.496 e. The van der Waals surface area contributed by atoms with Gasteiger partial charge in [-0.2, -0.15) is 0 Å². The summed E-state index contributed by atoms with van der Waals surface area (Å²) in [7, 11) is 1.60. The van der Waals surface area contributed by atoms with Gasteiger partial charge in [-0.15, -0.1) is 10.2 Å². The van der Waals surface area contributed by atoms with Crippen LogP contribution in [0.25, 0.3) is 11.3 Å². The second kappa shape index (κ2) is 9.64. The molecule has 0 fully saturated rings. The van der Waals surface area contributed by atoms with Crippen molar-refractivity contribution < 1.29 is 13.9 Å². The highest BCUT2D eigenvalue weighted by molar-refractivity contribution is 5.76.